The molecular formula is C21H14N2O2S. The van der Waals surface area contributed by atoms with Crippen LogP contribution >= 0.6 is 11.3 Å². The first-order valence-electron chi connectivity index (χ1n) is 8.02. The van der Waals surface area contributed by atoms with Gasteiger partial charge in [-0.2, -0.15) is 5.26 Å². The number of fused-ring (bicyclic) bond motifs is 1. The van der Waals surface area contributed by atoms with Crippen LogP contribution in [0.3, 0.4) is 0 Å². The molecule has 0 saturated carbocycles. The number of H-pyrrole nitrogens is 1. The number of nitrogens with zero attached hydrogens (tertiary/aromatic N) is 1. The SMILES string of the molecule is Cc1cccc(-c2ccc(-c3csc4[nH]c(=O)c(C#N)c(O)c34)cc2)c1. The topological polar surface area (TPSA) is 76.9 Å². The third-order valence-corrected chi connectivity index (χ3v) is 5.27. The molecule has 4 nitrogen and oxygen atoms in total. The monoisotopic (exact) mass is 358 g/mol. The lowest BCUT2D eigenvalue weighted by Gasteiger charge is -2.06. The molecule has 0 aliphatic heterocycles. The van der Waals surface area contributed by atoms with Crippen LogP contribution in [0.5, 0.6) is 5.75 Å². The maximum absolute atomic E-state index is 11.8. The van der Waals surface area contributed by atoms with Crippen molar-refractivity contribution in [2.24, 2.45) is 0 Å². The van der Waals surface area contributed by atoms with E-state index in [0.29, 0.717) is 10.2 Å². The second-order valence-electron chi connectivity index (χ2n) is 6.09. The Morgan fingerprint density at radius 3 is 2.50 bits per heavy atom. The molecule has 2 N–H and O–H groups in total. The Hall–Kier alpha value is -3.36. The zero-order valence-corrected chi connectivity index (χ0v) is 14.7. The molecule has 4 aromatic rings. The molecule has 2 heterocycles. The summed E-state index contributed by atoms with van der Waals surface area (Å²) < 4.78 is 0. The Bertz CT molecular complexity index is 1230. The number of hydrogen-bond donors (Lipinski definition) is 2. The van der Waals surface area contributed by atoms with Gasteiger partial charge in [0.2, 0.25) is 0 Å². The molecule has 0 radical (unpaired) electrons. The summed E-state index contributed by atoms with van der Waals surface area (Å²) >= 11 is 1.33. The number of thiophene rings is 1. The molecular weight excluding hydrogens is 344 g/mol. The van der Waals surface area contributed by atoms with Crippen molar-refractivity contribution in [1.29, 1.82) is 5.26 Å². The lowest BCUT2D eigenvalue weighted by Crippen LogP contribution is -2.09. The van der Waals surface area contributed by atoms with Crippen LogP contribution in [0.25, 0.3) is 32.5 Å². The molecule has 0 unspecified atom stereocenters. The first-order chi connectivity index (χ1) is 12.6. The Morgan fingerprint density at radius 2 is 1.81 bits per heavy atom. The van der Waals surface area contributed by atoms with Crippen LogP contribution < -0.4 is 5.56 Å². The van der Waals surface area contributed by atoms with Gasteiger partial charge in [-0.1, -0.05) is 54.1 Å². The highest BCUT2D eigenvalue weighted by Crippen LogP contribution is 2.39. The summed E-state index contributed by atoms with van der Waals surface area (Å²) in [4.78, 5) is 15.1. The fourth-order valence-electron chi connectivity index (χ4n) is 3.07. The van der Waals surface area contributed by atoms with Gasteiger partial charge in [-0.15, -0.1) is 11.3 Å². The molecule has 0 amide bonds. The van der Waals surface area contributed by atoms with Crippen LogP contribution in [0.1, 0.15) is 11.1 Å². The lowest BCUT2D eigenvalue weighted by atomic mass is 9.99. The van der Waals surface area contributed by atoms with E-state index in [2.05, 4.69) is 30.1 Å². The largest absolute Gasteiger partial charge is 0.506 e. The fraction of sp³-hybridized carbons (Fsp3) is 0.0476. The van der Waals surface area contributed by atoms with Crippen LogP contribution in [0, 0.1) is 18.3 Å². The zero-order valence-electron chi connectivity index (χ0n) is 13.9. The number of rotatable bonds is 2. The minimum absolute atomic E-state index is 0.256. The molecule has 5 heteroatoms. The predicted molar refractivity (Wildman–Crippen MR) is 104 cm³/mol. The molecule has 126 valence electrons. The normalized spacial score (nSPS) is 10.8. The quantitative estimate of drug-likeness (QED) is 0.540. The lowest BCUT2D eigenvalue weighted by molar-refractivity contribution is 0.479. The summed E-state index contributed by atoms with van der Waals surface area (Å²) in [7, 11) is 0. The van der Waals surface area contributed by atoms with E-state index in [1.54, 1.807) is 6.07 Å². The van der Waals surface area contributed by atoms with Crippen LogP contribution in [0.4, 0.5) is 0 Å². The van der Waals surface area contributed by atoms with E-state index in [1.807, 2.05) is 35.7 Å². The minimum atomic E-state index is -0.569. The van der Waals surface area contributed by atoms with Crippen molar-refractivity contribution in [2.75, 3.05) is 0 Å². The van der Waals surface area contributed by atoms with E-state index in [-0.39, 0.29) is 11.3 Å². The third kappa shape index (κ3) is 2.57. The van der Waals surface area contributed by atoms with Crippen molar-refractivity contribution in [3.8, 4) is 34.1 Å². The highest BCUT2D eigenvalue weighted by Gasteiger charge is 2.17. The van der Waals surface area contributed by atoms with Crippen molar-refractivity contribution in [3.63, 3.8) is 0 Å². The van der Waals surface area contributed by atoms with Crippen molar-refractivity contribution < 1.29 is 5.11 Å². The average Bonchev–Trinajstić information content (AvgIpc) is 3.06. The summed E-state index contributed by atoms with van der Waals surface area (Å²) in [5.74, 6) is -0.259. The first-order valence-corrected chi connectivity index (χ1v) is 8.90. The summed E-state index contributed by atoms with van der Waals surface area (Å²) in [6.45, 7) is 2.06. The zero-order chi connectivity index (χ0) is 18.3. The maximum atomic E-state index is 11.8. The van der Waals surface area contributed by atoms with Crippen molar-refractivity contribution in [3.05, 3.63) is 75.4 Å². The van der Waals surface area contributed by atoms with Gasteiger partial charge in [0.15, 0.2) is 5.56 Å². The number of benzene rings is 2. The molecule has 2 aromatic heterocycles. The van der Waals surface area contributed by atoms with Gasteiger partial charge in [0.1, 0.15) is 16.6 Å². The molecule has 0 atom stereocenters. The van der Waals surface area contributed by atoms with Gasteiger partial charge < -0.3 is 10.1 Å². The third-order valence-electron chi connectivity index (χ3n) is 4.38. The smallest absolute Gasteiger partial charge is 0.270 e. The van der Waals surface area contributed by atoms with Crippen LogP contribution in [-0.4, -0.2) is 10.1 Å². The van der Waals surface area contributed by atoms with E-state index >= 15 is 0 Å². The summed E-state index contributed by atoms with van der Waals surface area (Å²) in [6.07, 6.45) is 0. The number of nitriles is 1. The summed E-state index contributed by atoms with van der Waals surface area (Å²) in [5, 5.41) is 21.9. The number of pyridine rings is 1. The number of aromatic nitrogens is 1. The van der Waals surface area contributed by atoms with Gasteiger partial charge in [0.05, 0.1) is 5.39 Å². The Morgan fingerprint density at radius 1 is 1.08 bits per heavy atom. The Labute approximate surface area is 153 Å². The summed E-state index contributed by atoms with van der Waals surface area (Å²) in [6, 6.07) is 18.1. The Balaban J connectivity index is 1.84. The maximum Gasteiger partial charge on any atom is 0.270 e. The van der Waals surface area contributed by atoms with E-state index in [4.69, 9.17) is 5.26 Å². The number of nitrogens with one attached hydrogen (secondary N) is 1. The van der Waals surface area contributed by atoms with Crippen LogP contribution in [-0.2, 0) is 0 Å². The van der Waals surface area contributed by atoms with Gasteiger partial charge in [0.25, 0.3) is 5.56 Å². The molecule has 4 rings (SSSR count). The van der Waals surface area contributed by atoms with E-state index in [0.717, 1.165) is 22.3 Å². The van der Waals surface area contributed by atoms with E-state index < -0.39 is 5.56 Å². The van der Waals surface area contributed by atoms with Gasteiger partial charge in [-0.05, 0) is 23.6 Å². The highest BCUT2D eigenvalue weighted by atomic mass is 32.1. The van der Waals surface area contributed by atoms with Crippen LogP contribution in [0.15, 0.2) is 58.7 Å². The van der Waals surface area contributed by atoms with Crippen LogP contribution in [0.2, 0.25) is 0 Å². The molecule has 0 bridgehead atoms. The predicted octanol–water partition coefficient (Wildman–Crippen LogP) is 4.81. The molecule has 0 saturated heterocycles. The Kier molecular flexibility index (Phi) is 3.83. The van der Waals surface area contributed by atoms with Crippen molar-refractivity contribution in [2.45, 2.75) is 6.92 Å². The second kappa shape index (κ2) is 6.17. The number of aryl methyl sites for hydroxylation is 1. The molecule has 26 heavy (non-hydrogen) atoms. The van der Waals surface area contributed by atoms with Gasteiger partial charge in [0, 0.05) is 10.9 Å². The van der Waals surface area contributed by atoms with Gasteiger partial charge >= 0.3 is 0 Å². The molecule has 0 spiro atoms. The number of aromatic hydroxyl groups is 1. The summed E-state index contributed by atoms with van der Waals surface area (Å²) in [5.41, 5.74) is 4.34. The van der Waals surface area contributed by atoms with Crippen molar-refractivity contribution in [1.82, 2.24) is 4.98 Å². The second-order valence-corrected chi connectivity index (χ2v) is 6.97. The molecule has 0 aliphatic rings. The molecule has 2 aromatic carbocycles. The van der Waals surface area contributed by atoms with Gasteiger partial charge in [-0.25, -0.2) is 0 Å². The standard InChI is InChI=1S/C21H14N2O2S/c1-12-3-2-4-15(9-12)13-5-7-14(8-6-13)17-11-26-21-18(17)19(24)16(10-22)20(25)23-21/h2-9,11H,1H3,(H2,23,24,25). The first kappa shape index (κ1) is 16.1. The number of hydrogen-bond acceptors (Lipinski definition) is 4. The minimum Gasteiger partial charge on any atom is -0.506 e. The molecule has 0 fully saturated rings. The van der Waals surface area contributed by atoms with E-state index in [1.165, 1.54) is 16.9 Å². The fourth-order valence-corrected chi connectivity index (χ4v) is 4.03. The van der Waals surface area contributed by atoms with Crippen molar-refractivity contribution >= 4 is 21.6 Å². The average molecular weight is 358 g/mol. The molecule has 0 aliphatic carbocycles. The van der Waals surface area contributed by atoms with E-state index in [9.17, 15) is 9.90 Å². The van der Waals surface area contributed by atoms with Gasteiger partial charge in [-0.3, -0.25) is 4.79 Å². The highest BCUT2D eigenvalue weighted by molar-refractivity contribution is 7.17. The number of aromatic amines is 1.